The molecule has 1 aliphatic heterocycles. The van der Waals surface area contributed by atoms with Crippen LogP contribution in [0.1, 0.15) is 79.8 Å². The summed E-state index contributed by atoms with van der Waals surface area (Å²) in [5, 5.41) is 10.7. The number of piperidine rings is 1. The van der Waals surface area contributed by atoms with Gasteiger partial charge < -0.3 is 15.7 Å². The number of nitrogens with two attached hydrogens (primary N) is 1. The molecule has 1 saturated heterocycles. The molecule has 0 aromatic heterocycles. The van der Waals surface area contributed by atoms with Gasteiger partial charge in [0.2, 0.25) is 5.91 Å². The Kier molecular flexibility index (Phi) is 8.86. The Labute approximate surface area is 231 Å². The van der Waals surface area contributed by atoms with Crippen molar-refractivity contribution in [3.63, 3.8) is 0 Å². The maximum absolute atomic E-state index is 14.1. The molecule has 214 valence electrons. The number of hydrogen-bond donors (Lipinski definition) is 3. The summed E-state index contributed by atoms with van der Waals surface area (Å²) >= 11 is 0. The van der Waals surface area contributed by atoms with E-state index >= 15 is 0 Å². The smallest absolute Gasteiger partial charge is 0.294 e. The molecular formula is C30H41FN2O5S. The number of rotatable bonds is 8. The van der Waals surface area contributed by atoms with Gasteiger partial charge in [-0.15, -0.1) is 0 Å². The average Bonchev–Trinajstić information content (AvgIpc) is 3.26. The van der Waals surface area contributed by atoms with Crippen LogP contribution < -0.4 is 5.73 Å². The molecule has 2 saturated carbocycles. The summed E-state index contributed by atoms with van der Waals surface area (Å²) in [6.45, 7) is 7.09. The van der Waals surface area contributed by atoms with E-state index in [-0.39, 0.29) is 21.7 Å². The van der Waals surface area contributed by atoms with Crippen LogP contribution in [0, 0.1) is 24.6 Å². The largest absolute Gasteiger partial charge is 0.390 e. The molecule has 2 atom stereocenters. The van der Waals surface area contributed by atoms with E-state index in [1.807, 2.05) is 6.92 Å². The third kappa shape index (κ3) is 6.70. The van der Waals surface area contributed by atoms with Gasteiger partial charge in [0.25, 0.3) is 10.1 Å². The van der Waals surface area contributed by atoms with Gasteiger partial charge in [-0.05, 0) is 93.3 Å². The Morgan fingerprint density at radius 1 is 1.08 bits per heavy atom. The highest BCUT2D eigenvalue weighted by Crippen LogP contribution is 2.65. The van der Waals surface area contributed by atoms with E-state index in [2.05, 4.69) is 11.8 Å². The number of benzene rings is 2. The van der Waals surface area contributed by atoms with Gasteiger partial charge in [0.05, 0.1) is 10.5 Å². The molecule has 5 rings (SSSR count). The molecule has 2 aromatic rings. The summed E-state index contributed by atoms with van der Waals surface area (Å²) < 4.78 is 43.6. The summed E-state index contributed by atoms with van der Waals surface area (Å²) in [4.78, 5) is 14.0. The van der Waals surface area contributed by atoms with Gasteiger partial charge in [-0.1, -0.05) is 43.9 Å². The summed E-state index contributed by atoms with van der Waals surface area (Å²) in [6.07, 6.45) is 8.39. The van der Waals surface area contributed by atoms with Crippen molar-refractivity contribution >= 4 is 16.0 Å². The average molecular weight is 561 g/mol. The van der Waals surface area contributed by atoms with Crippen molar-refractivity contribution in [3.8, 4) is 0 Å². The number of amides is 1. The third-order valence-electron chi connectivity index (χ3n) is 9.13. The number of carbonyl (C=O) groups excluding carboxylic acids is 1. The first kappa shape index (κ1) is 29.6. The normalized spacial score (nSPS) is 25.9. The van der Waals surface area contributed by atoms with Crippen LogP contribution in [0.5, 0.6) is 0 Å². The van der Waals surface area contributed by atoms with Gasteiger partial charge in [-0.25, -0.2) is 4.39 Å². The first-order valence-electron chi connectivity index (χ1n) is 14.0. The van der Waals surface area contributed by atoms with Crippen molar-refractivity contribution in [1.82, 2.24) is 4.90 Å². The molecule has 2 aliphatic carbocycles. The fourth-order valence-corrected chi connectivity index (χ4v) is 7.44. The number of aryl methyl sites for hydroxylation is 1. The lowest BCUT2D eigenvalue weighted by Crippen LogP contribution is -2.34. The second-order valence-electron chi connectivity index (χ2n) is 11.6. The molecule has 1 heterocycles. The van der Waals surface area contributed by atoms with E-state index in [0.29, 0.717) is 11.8 Å². The molecule has 0 bridgehead atoms. The molecule has 3 fully saturated rings. The summed E-state index contributed by atoms with van der Waals surface area (Å²) in [6, 6.07) is 10.6. The Bertz CT molecular complexity index is 1260. The third-order valence-corrected chi connectivity index (χ3v) is 10.0. The highest BCUT2D eigenvalue weighted by molar-refractivity contribution is 7.85. The molecule has 39 heavy (non-hydrogen) atoms. The zero-order chi connectivity index (χ0) is 28.4. The van der Waals surface area contributed by atoms with Crippen molar-refractivity contribution in [2.75, 3.05) is 19.6 Å². The predicted molar refractivity (Wildman–Crippen MR) is 149 cm³/mol. The number of nitrogens with zero attached hydrogens (tertiary/aromatic N) is 1. The minimum absolute atomic E-state index is 0.00955. The number of aliphatic hydroxyl groups is 1. The molecule has 3 aliphatic rings. The molecule has 2 aromatic carbocycles. The van der Waals surface area contributed by atoms with Crippen LogP contribution in [0.15, 0.2) is 47.4 Å². The van der Waals surface area contributed by atoms with E-state index in [4.69, 9.17) is 10.3 Å². The van der Waals surface area contributed by atoms with Crippen molar-refractivity contribution < 1.29 is 27.3 Å². The Morgan fingerprint density at radius 3 is 2.23 bits per heavy atom. The minimum atomic E-state index is -4.02. The van der Waals surface area contributed by atoms with Crippen LogP contribution in [0.3, 0.4) is 0 Å². The highest BCUT2D eigenvalue weighted by Gasteiger charge is 2.67. The zero-order valence-corrected chi connectivity index (χ0v) is 23.7. The van der Waals surface area contributed by atoms with Gasteiger partial charge in [-0.2, -0.15) is 8.42 Å². The van der Waals surface area contributed by atoms with Gasteiger partial charge in [-0.3, -0.25) is 9.35 Å². The fraction of sp³-hybridized carbons (Fsp3) is 0.567. The monoisotopic (exact) mass is 560 g/mol. The van der Waals surface area contributed by atoms with Crippen LogP contribution in [-0.4, -0.2) is 54.1 Å². The van der Waals surface area contributed by atoms with Crippen LogP contribution in [0.2, 0.25) is 0 Å². The van der Waals surface area contributed by atoms with E-state index < -0.39 is 21.6 Å². The Hall–Kier alpha value is -2.33. The molecule has 4 N–H and O–H groups in total. The van der Waals surface area contributed by atoms with Crippen LogP contribution in [-0.2, 0) is 15.5 Å². The molecule has 0 radical (unpaired) electrons. The molecule has 7 nitrogen and oxygen atoms in total. The molecule has 2 unspecified atom stereocenters. The molecular weight excluding hydrogens is 519 g/mol. The predicted octanol–water partition coefficient (Wildman–Crippen LogP) is 4.85. The number of hydrogen-bond acceptors (Lipinski definition) is 5. The van der Waals surface area contributed by atoms with Crippen molar-refractivity contribution in [2.24, 2.45) is 17.6 Å². The Balaban J connectivity index is 0.000000270. The van der Waals surface area contributed by atoms with E-state index in [0.717, 1.165) is 75.7 Å². The maximum atomic E-state index is 14.1. The second-order valence-corrected chi connectivity index (χ2v) is 13.1. The van der Waals surface area contributed by atoms with E-state index in [9.17, 15) is 22.7 Å². The number of halogens is 1. The van der Waals surface area contributed by atoms with E-state index in [1.54, 1.807) is 24.3 Å². The number of primary amides is 1. The standard InChI is InChI=1S/C23H33FN2O2.C7H8O3S/c1-2-23(17-11-16(21(25)27)12-18(24)13-17)19-14-26(15-20(19)23)10-6-9-22(28)7-4-3-5-8-22;1-6-2-4-7(5-3-6)11(8,9)10/h11-13,19-20,28H,2-10,14-15H2,1H3,(H2,25,27);2-5H,1H3,(H,8,9,10). The summed E-state index contributed by atoms with van der Waals surface area (Å²) in [5.41, 5.74) is 7.11. The van der Waals surface area contributed by atoms with Crippen molar-refractivity contribution in [3.05, 3.63) is 65.0 Å². The first-order chi connectivity index (χ1) is 18.4. The lowest BCUT2D eigenvalue weighted by atomic mass is 9.81. The number of fused-ring (bicyclic) bond motifs is 1. The molecule has 0 spiro atoms. The minimum Gasteiger partial charge on any atom is -0.390 e. The topological polar surface area (TPSA) is 121 Å². The van der Waals surface area contributed by atoms with E-state index in [1.165, 1.54) is 24.6 Å². The number of carbonyl (C=O) groups is 1. The number of likely N-dealkylation sites (tertiary alicyclic amines) is 1. The summed E-state index contributed by atoms with van der Waals surface area (Å²) in [7, 11) is -4.02. The highest BCUT2D eigenvalue weighted by atomic mass is 32.2. The van der Waals surface area contributed by atoms with Crippen molar-refractivity contribution in [2.45, 2.75) is 81.1 Å². The van der Waals surface area contributed by atoms with Crippen LogP contribution in [0.25, 0.3) is 0 Å². The fourth-order valence-electron chi connectivity index (χ4n) is 6.96. The van der Waals surface area contributed by atoms with Gasteiger partial charge in [0.1, 0.15) is 5.82 Å². The van der Waals surface area contributed by atoms with Crippen LogP contribution in [0.4, 0.5) is 4.39 Å². The van der Waals surface area contributed by atoms with Crippen molar-refractivity contribution in [1.29, 1.82) is 0 Å². The lowest BCUT2D eigenvalue weighted by molar-refractivity contribution is -0.00722. The quantitative estimate of drug-likeness (QED) is 0.397. The SMILES string of the molecule is CCC1(c2cc(F)cc(C(N)=O)c2)C2CN(CCCC3(O)CCCCC3)CC21.Cc1ccc(S(=O)(=O)O)cc1. The lowest BCUT2D eigenvalue weighted by Gasteiger charge is -2.33. The van der Waals surface area contributed by atoms with Gasteiger partial charge in [0, 0.05) is 24.1 Å². The second kappa shape index (κ2) is 11.6. The molecule has 9 heteroatoms. The summed E-state index contributed by atoms with van der Waals surface area (Å²) in [5.74, 6) is 0.109. The zero-order valence-electron chi connectivity index (χ0n) is 22.9. The van der Waals surface area contributed by atoms with Crippen LogP contribution >= 0.6 is 0 Å². The van der Waals surface area contributed by atoms with Gasteiger partial charge >= 0.3 is 0 Å². The Morgan fingerprint density at radius 2 is 1.69 bits per heavy atom. The first-order valence-corrected chi connectivity index (χ1v) is 15.4. The van der Waals surface area contributed by atoms with Gasteiger partial charge in [0.15, 0.2) is 0 Å². The molecule has 1 amide bonds. The maximum Gasteiger partial charge on any atom is 0.294 e.